The molecular formula is C26H39N. The van der Waals surface area contributed by atoms with Crippen molar-refractivity contribution < 1.29 is 0 Å². The molecule has 0 bridgehead atoms. The maximum absolute atomic E-state index is 4.06. The van der Waals surface area contributed by atoms with E-state index in [1.54, 1.807) is 0 Å². The second kappa shape index (κ2) is 12.5. The van der Waals surface area contributed by atoms with Gasteiger partial charge in [0.25, 0.3) is 0 Å². The molecule has 1 heteroatoms. The number of benzene rings is 1. The van der Waals surface area contributed by atoms with Gasteiger partial charge in [-0.15, -0.1) is 0 Å². The van der Waals surface area contributed by atoms with Crippen LogP contribution in [-0.4, -0.2) is 25.0 Å². The Morgan fingerprint density at radius 3 is 2.22 bits per heavy atom. The van der Waals surface area contributed by atoms with Crippen LogP contribution < -0.4 is 0 Å². The highest BCUT2D eigenvalue weighted by Gasteiger charge is 2.31. The summed E-state index contributed by atoms with van der Waals surface area (Å²) in [5.41, 5.74) is 5.53. The number of likely N-dealkylation sites (tertiary alicyclic amines) is 1. The van der Waals surface area contributed by atoms with Gasteiger partial charge >= 0.3 is 0 Å². The lowest BCUT2D eigenvalue weighted by atomic mass is 9.74. The van der Waals surface area contributed by atoms with Gasteiger partial charge in [-0.05, 0) is 68.1 Å². The summed E-state index contributed by atoms with van der Waals surface area (Å²) in [6.45, 7) is 16.6. The number of piperidine rings is 1. The molecule has 148 valence electrons. The van der Waals surface area contributed by atoms with E-state index in [9.17, 15) is 0 Å². The molecule has 2 aliphatic rings. The molecule has 0 saturated carbocycles. The molecule has 0 aromatic heterocycles. The minimum absolute atomic E-state index is 0.471. The average Bonchev–Trinajstić information content (AvgIpc) is 2.89. The fraction of sp³-hybridized carbons (Fsp3) is 0.462. The Kier molecular flexibility index (Phi) is 10.7. The van der Waals surface area contributed by atoms with Gasteiger partial charge in [-0.3, -0.25) is 0 Å². The van der Waals surface area contributed by atoms with Gasteiger partial charge in [0.05, 0.1) is 0 Å². The standard InChI is InChI=1S/C22H27N.2C2H6/c1-4-8-20-17(5-2)11-12-18-9-6-7-10-21(18)22(20)19-13-15-23(3)16-14-19;2*1-2/h4-12,19,22H,2,13-16H2,1,3H3;2*1-2H3/b8-4-;;. The highest BCUT2D eigenvalue weighted by molar-refractivity contribution is 5.65. The summed E-state index contributed by atoms with van der Waals surface area (Å²) in [7, 11) is 2.23. The van der Waals surface area contributed by atoms with E-state index < -0.39 is 0 Å². The number of allylic oxidation sites excluding steroid dienone is 6. The van der Waals surface area contributed by atoms with Gasteiger partial charge in [0.2, 0.25) is 0 Å². The van der Waals surface area contributed by atoms with Gasteiger partial charge < -0.3 is 4.90 Å². The van der Waals surface area contributed by atoms with Crippen LogP contribution in [0.4, 0.5) is 0 Å². The van der Waals surface area contributed by atoms with Crippen molar-refractivity contribution in [3.05, 3.63) is 77.4 Å². The second-order valence-electron chi connectivity index (χ2n) is 6.70. The monoisotopic (exact) mass is 365 g/mol. The SMILES string of the molecule is C=CC1=C(/C=C\C)C(C2CCN(C)CC2)c2ccccc2C=C1.CC.CC. The average molecular weight is 366 g/mol. The Labute approximate surface area is 168 Å². The smallest absolute Gasteiger partial charge is 0.0130 e. The van der Waals surface area contributed by atoms with Crippen molar-refractivity contribution in [3.8, 4) is 0 Å². The molecule has 0 radical (unpaired) electrons. The fourth-order valence-corrected chi connectivity index (χ4v) is 4.00. The summed E-state index contributed by atoms with van der Waals surface area (Å²) >= 11 is 0. The van der Waals surface area contributed by atoms with E-state index in [2.05, 4.69) is 74.0 Å². The van der Waals surface area contributed by atoms with E-state index >= 15 is 0 Å². The van der Waals surface area contributed by atoms with E-state index in [1.165, 1.54) is 48.2 Å². The molecule has 1 heterocycles. The van der Waals surface area contributed by atoms with Gasteiger partial charge in [0.1, 0.15) is 0 Å². The van der Waals surface area contributed by atoms with Gasteiger partial charge in [0.15, 0.2) is 0 Å². The van der Waals surface area contributed by atoms with Crippen LogP contribution in [0, 0.1) is 5.92 Å². The minimum Gasteiger partial charge on any atom is -0.306 e. The van der Waals surface area contributed by atoms with Crippen LogP contribution in [0.25, 0.3) is 6.08 Å². The van der Waals surface area contributed by atoms with Crippen LogP contribution in [0.15, 0.2) is 66.3 Å². The summed E-state index contributed by atoms with van der Waals surface area (Å²) in [6.07, 6.45) is 13.5. The zero-order valence-corrected chi connectivity index (χ0v) is 18.3. The number of rotatable bonds is 3. The lowest BCUT2D eigenvalue weighted by Gasteiger charge is -2.36. The van der Waals surface area contributed by atoms with Crippen molar-refractivity contribution in [1.82, 2.24) is 4.90 Å². The van der Waals surface area contributed by atoms with Crippen LogP contribution in [-0.2, 0) is 0 Å². The molecule has 1 aliphatic heterocycles. The van der Waals surface area contributed by atoms with Crippen molar-refractivity contribution in [2.75, 3.05) is 20.1 Å². The normalized spacial score (nSPS) is 20.1. The van der Waals surface area contributed by atoms with Gasteiger partial charge in [-0.2, -0.15) is 0 Å². The maximum Gasteiger partial charge on any atom is 0.0130 e. The Bertz CT molecular complexity index is 655. The van der Waals surface area contributed by atoms with E-state index in [-0.39, 0.29) is 0 Å². The second-order valence-corrected chi connectivity index (χ2v) is 6.70. The molecule has 1 nitrogen and oxygen atoms in total. The van der Waals surface area contributed by atoms with E-state index in [0.717, 1.165) is 0 Å². The zero-order chi connectivity index (χ0) is 20.2. The predicted molar refractivity (Wildman–Crippen MR) is 123 cm³/mol. The number of hydrogen-bond acceptors (Lipinski definition) is 1. The summed E-state index contributed by atoms with van der Waals surface area (Å²) in [6, 6.07) is 8.88. The third-order valence-corrected chi connectivity index (χ3v) is 5.24. The molecule has 1 unspecified atom stereocenters. The molecule has 1 aliphatic carbocycles. The number of hydrogen-bond donors (Lipinski definition) is 0. The number of nitrogens with zero attached hydrogens (tertiary/aromatic N) is 1. The molecule has 27 heavy (non-hydrogen) atoms. The first-order valence-electron chi connectivity index (χ1n) is 10.7. The third kappa shape index (κ3) is 5.81. The van der Waals surface area contributed by atoms with Gasteiger partial charge in [0, 0.05) is 5.92 Å². The molecule has 0 amide bonds. The lowest BCUT2D eigenvalue weighted by Crippen LogP contribution is -2.33. The van der Waals surface area contributed by atoms with Crippen LogP contribution in [0.3, 0.4) is 0 Å². The van der Waals surface area contributed by atoms with Crippen LogP contribution in [0.5, 0.6) is 0 Å². The van der Waals surface area contributed by atoms with E-state index in [1.807, 2.05) is 33.8 Å². The highest BCUT2D eigenvalue weighted by Crippen LogP contribution is 2.43. The van der Waals surface area contributed by atoms with Crippen LogP contribution >= 0.6 is 0 Å². The van der Waals surface area contributed by atoms with E-state index in [0.29, 0.717) is 11.8 Å². The number of fused-ring (bicyclic) bond motifs is 1. The topological polar surface area (TPSA) is 3.24 Å². The van der Waals surface area contributed by atoms with Crippen LogP contribution in [0.1, 0.15) is 64.5 Å². The molecule has 1 saturated heterocycles. The first-order chi connectivity index (χ1) is 13.2. The van der Waals surface area contributed by atoms with Crippen molar-refractivity contribution in [3.63, 3.8) is 0 Å². The summed E-state index contributed by atoms with van der Waals surface area (Å²) in [4.78, 5) is 2.45. The third-order valence-electron chi connectivity index (χ3n) is 5.24. The lowest BCUT2D eigenvalue weighted by molar-refractivity contribution is 0.207. The van der Waals surface area contributed by atoms with Crippen molar-refractivity contribution in [1.29, 1.82) is 0 Å². The first kappa shape index (κ1) is 23.2. The predicted octanol–water partition coefficient (Wildman–Crippen LogP) is 7.25. The summed E-state index contributed by atoms with van der Waals surface area (Å²) in [5.74, 6) is 1.17. The van der Waals surface area contributed by atoms with Crippen LogP contribution in [0.2, 0.25) is 0 Å². The Balaban J connectivity index is 0.000000855. The summed E-state index contributed by atoms with van der Waals surface area (Å²) < 4.78 is 0. The fourth-order valence-electron chi connectivity index (χ4n) is 4.00. The van der Waals surface area contributed by atoms with Gasteiger partial charge in [-0.1, -0.05) is 88.9 Å². The molecule has 1 atom stereocenters. The molecule has 0 spiro atoms. The molecule has 0 N–H and O–H groups in total. The molecule has 3 rings (SSSR count). The Hall–Kier alpha value is -1.86. The molecular weight excluding hydrogens is 326 g/mol. The highest BCUT2D eigenvalue weighted by atomic mass is 15.1. The Morgan fingerprint density at radius 2 is 1.63 bits per heavy atom. The van der Waals surface area contributed by atoms with Gasteiger partial charge in [-0.25, -0.2) is 0 Å². The molecule has 1 fully saturated rings. The van der Waals surface area contributed by atoms with Crippen molar-refractivity contribution in [2.45, 2.75) is 53.4 Å². The van der Waals surface area contributed by atoms with Crippen molar-refractivity contribution >= 4 is 6.08 Å². The first-order valence-corrected chi connectivity index (χ1v) is 10.7. The maximum atomic E-state index is 4.06. The quantitative estimate of drug-likeness (QED) is 0.545. The molecule has 1 aromatic rings. The summed E-state index contributed by atoms with van der Waals surface area (Å²) in [5, 5.41) is 0. The largest absolute Gasteiger partial charge is 0.306 e. The van der Waals surface area contributed by atoms with E-state index in [4.69, 9.17) is 0 Å². The zero-order valence-electron chi connectivity index (χ0n) is 18.3. The molecule has 1 aromatic carbocycles. The van der Waals surface area contributed by atoms with Crippen molar-refractivity contribution in [2.24, 2.45) is 5.92 Å². The minimum atomic E-state index is 0.471. The Morgan fingerprint density at radius 1 is 1.00 bits per heavy atom.